The summed E-state index contributed by atoms with van der Waals surface area (Å²) in [7, 11) is -4.27. The molecular weight excluding hydrogens is 408 g/mol. The molecule has 1 aliphatic rings. The van der Waals surface area contributed by atoms with Gasteiger partial charge < -0.3 is 4.90 Å². The van der Waals surface area contributed by atoms with Gasteiger partial charge in [-0.15, -0.1) is 0 Å². The van der Waals surface area contributed by atoms with Crippen LogP contribution in [-0.2, 0) is 20.8 Å². The maximum atomic E-state index is 12.6. The molecule has 1 saturated heterocycles. The average Bonchev–Trinajstić information content (AvgIpc) is 3.04. The largest absolute Gasteiger partial charge is 0.354 e. The fourth-order valence-corrected chi connectivity index (χ4v) is 5.27. The van der Waals surface area contributed by atoms with E-state index < -0.39 is 25.6 Å². The van der Waals surface area contributed by atoms with Crippen LogP contribution in [0, 0.1) is 0 Å². The molecular formula is C17H25ClN4O3S2. The van der Waals surface area contributed by atoms with Crippen LogP contribution in [-0.4, -0.2) is 51.6 Å². The number of hydrogen-bond donors (Lipinski definition) is 1. The van der Waals surface area contributed by atoms with Crippen molar-refractivity contribution in [1.29, 1.82) is 0 Å². The molecule has 27 heavy (non-hydrogen) atoms. The van der Waals surface area contributed by atoms with Gasteiger partial charge in [-0.2, -0.15) is 5.10 Å². The van der Waals surface area contributed by atoms with E-state index in [0.717, 1.165) is 16.9 Å². The first-order valence-electron chi connectivity index (χ1n) is 8.79. The van der Waals surface area contributed by atoms with Gasteiger partial charge in [-0.05, 0) is 39.8 Å². The zero-order valence-electron chi connectivity index (χ0n) is 15.9. The molecule has 1 unspecified atom stereocenters. The van der Waals surface area contributed by atoms with E-state index in [1.54, 1.807) is 10.7 Å². The highest BCUT2D eigenvalue weighted by Gasteiger charge is 2.29. The monoisotopic (exact) mass is 432 g/mol. The Labute approximate surface area is 167 Å². The molecule has 0 spiro atoms. The van der Waals surface area contributed by atoms with Crippen LogP contribution in [0.5, 0.6) is 0 Å². The van der Waals surface area contributed by atoms with Crippen LogP contribution in [0.25, 0.3) is 5.52 Å². The molecule has 2 aromatic rings. The molecule has 2 aromatic heterocycles. The van der Waals surface area contributed by atoms with Crippen LogP contribution in [0.15, 0.2) is 18.3 Å². The highest BCUT2D eigenvalue weighted by atomic mass is 35.5. The van der Waals surface area contributed by atoms with Gasteiger partial charge in [0.1, 0.15) is 5.82 Å². The van der Waals surface area contributed by atoms with Gasteiger partial charge in [-0.3, -0.25) is 0 Å². The Bertz CT molecular complexity index is 968. The number of halogens is 1. The molecule has 10 heteroatoms. The second kappa shape index (κ2) is 7.35. The third-order valence-electron chi connectivity index (χ3n) is 4.58. The predicted octanol–water partition coefficient (Wildman–Crippen LogP) is 2.34. The molecule has 1 N–H and O–H groups in total. The molecule has 0 amide bonds. The number of pyridine rings is 1. The van der Waals surface area contributed by atoms with Crippen molar-refractivity contribution in [2.75, 3.05) is 29.5 Å². The molecule has 1 fully saturated rings. The van der Waals surface area contributed by atoms with Gasteiger partial charge in [0.05, 0.1) is 44.0 Å². The lowest BCUT2D eigenvalue weighted by atomic mass is 10.1. The van der Waals surface area contributed by atoms with Crippen LogP contribution in [0.2, 0.25) is 5.02 Å². The number of rotatable bonds is 4. The molecule has 0 aromatic carbocycles. The van der Waals surface area contributed by atoms with Crippen molar-refractivity contribution in [3.63, 3.8) is 0 Å². The summed E-state index contributed by atoms with van der Waals surface area (Å²) in [6.07, 6.45) is 1.67. The van der Waals surface area contributed by atoms with Crippen LogP contribution in [0.1, 0.15) is 39.3 Å². The van der Waals surface area contributed by atoms with E-state index in [1.807, 2.05) is 44.7 Å². The highest BCUT2D eigenvalue weighted by Crippen LogP contribution is 2.33. The van der Waals surface area contributed by atoms with Crippen molar-refractivity contribution < 1.29 is 12.6 Å². The van der Waals surface area contributed by atoms with Crippen LogP contribution in [0.4, 0.5) is 5.82 Å². The maximum Gasteiger partial charge on any atom is 0.153 e. The maximum absolute atomic E-state index is 12.6. The predicted molar refractivity (Wildman–Crippen MR) is 111 cm³/mol. The van der Waals surface area contributed by atoms with Gasteiger partial charge in [0.25, 0.3) is 0 Å². The van der Waals surface area contributed by atoms with Crippen LogP contribution < -0.4 is 9.62 Å². The first kappa shape index (κ1) is 20.6. The van der Waals surface area contributed by atoms with Gasteiger partial charge in [-0.1, -0.05) is 11.6 Å². The smallest absolute Gasteiger partial charge is 0.153 e. The minimum Gasteiger partial charge on any atom is -0.354 e. The Morgan fingerprint density at radius 2 is 1.93 bits per heavy atom. The molecule has 0 saturated carbocycles. The average molecular weight is 433 g/mol. The fourth-order valence-electron chi connectivity index (χ4n) is 3.01. The number of nitrogens with zero attached hydrogens (tertiary/aromatic N) is 3. The van der Waals surface area contributed by atoms with E-state index in [-0.39, 0.29) is 17.5 Å². The summed E-state index contributed by atoms with van der Waals surface area (Å²) in [4.78, 5) is 2.02. The second-order valence-corrected chi connectivity index (χ2v) is 12.5. The summed E-state index contributed by atoms with van der Waals surface area (Å²) in [5.74, 6) is 1.00. The van der Waals surface area contributed by atoms with E-state index in [4.69, 9.17) is 11.6 Å². The SMILES string of the molecule is C[C@H](NS(=O)C(C)(C)C)c1cc(Cl)c2ccnn2c1N1CCS(=O)(=O)CC1. The lowest BCUT2D eigenvalue weighted by Gasteiger charge is -2.32. The van der Waals surface area contributed by atoms with E-state index in [0.29, 0.717) is 18.1 Å². The number of anilines is 1. The number of hydrogen-bond acceptors (Lipinski definition) is 5. The Hall–Kier alpha value is -1.16. The van der Waals surface area contributed by atoms with Gasteiger partial charge in [0, 0.05) is 24.7 Å². The summed E-state index contributed by atoms with van der Waals surface area (Å²) < 4.78 is 40.7. The Morgan fingerprint density at radius 1 is 1.30 bits per heavy atom. The van der Waals surface area contributed by atoms with Crippen molar-refractivity contribution in [1.82, 2.24) is 14.3 Å². The lowest BCUT2D eigenvalue weighted by Crippen LogP contribution is -2.42. The molecule has 1 aliphatic heterocycles. The summed E-state index contributed by atoms with van der Waals surface area (Å²) >= 11 is 6.45. The fraction of sp³-hybridized carbons (Fsp3) is 0.588. The Morgan fingerprint density at radius 3 is 2.52 bits per heavy atom. The summed E-state index contributed by atoms with van der Waals surface area (Å²) in [5, 5.41) is 4.95. The zero-order valence-corrected chi connectivity index (χ0v) is 18.3. The highest BCUT2D eigenvalue weighted by molar-refractivity contribution is 7.91. The van der Waals surface area contributed by atoms with Crippen LogP contribution >= 0.6 is 11.6 Å². The molecule has 0 radical (unpaired) electrons. The summed E-state index contributed by atoms with van der Waals surface area (Å²) in [6.45, 7) is 8.42. The number of nitrogens with one attached hydrogen (secondary N) is 1. The Kier molecular flexibility index (Phi) is 5.60. The molecule has 0 bridgehead atoms. The van der Waals surface area contributed by atoms with Gasteiger partial charge in [-0.25, -0.2) is 21.9 Å². The van der Waals surface area contributed by atoms with E-state index >= 15 is 0 Å². The summed E-state index contributed by atoms with van der Waals surface area (Å²) in [5.41, 5.74) is 1.60. The topological polar surface area (TPSA) is 83.8 Å². The lowest BCUT2D eigenvalue weighted by molar-refractivity contribution is 0.584. The minimum absolute atomic E-state index is 0.105. The van der Waals surface area contributed by atoms with Crippen molar-refractivity contribution in [2.24, 2.45) is 0 Å². The molecule has 7 nitrogen and oxygen atoms in total. The molecule has 2 atom stereocenters. The van der Waals surface area contributed by atoms with Crippen molar-refractivity contribution >= 4 is 43.8 Å². The minimum atomic E-state index is -3.00. The van der Waals surface area contributed by atoms with Gasteiger partial charge in [0.15, 0.2) is 9.84 Å². The number of fused-ring (bicyclic) bond motifs is 1. The summed E-state index contributed by atoms with van der Waals surface area (Å²) in [6, 6.07) is 3.42. The van der Waals surface area contributed by atoms with E-state index in [2.05, 4.69) is 9.82 Å². The van der Waals surface area contributed by atoms with Crippen molar-refractivity contribution in [2.45, 2.75) is 38.5 Å². The van der Waals surface area contributed by atoms with Crippen molar-refractivity contribution in [3.05, 3.63) is 28.9 Å². The third kappa shape index (κ3) is 4.31. The van der Waals surface area contributed by atoms with Crippen LogP contribution in [0.3, 0.4) is 0 Å². The number of sulfone groups is 1. The number of aromatic nitrogens is 2. The third-order valence-corrected chi connectivity index (χ3v) is 8.17. The first-order chi connectivity index (χ1) is 12.5. The zero-order chi connectivity index (χ0) is 20.0. The second-order valence-electron chi connectivity index (χ2n) is 7.76. The molecule has 0 aliphatic carbocycles. The van der Waals surface area contributed by atoms with E-state index in [9.17, 15) is 12.6 Å². The quantitative estimate of drug-likeness (QED) is 0.801. The first-order valence-corrected chi connectivity index (χ1v) is 12.1. The van der Waals surface area contributed by atoms with E-state index in [1.165, 1.54) is 0 Å². The molecule has 150 valence electrons. The standard InChI is InChI=1S/C17H25ClN4O3S2/c1-12(20-26(23)17(2,3)4)13-11-14(18)15-5-6-19-22(15)16(13)21-7-9-27(24,25)10-8-21/h5-6,11-12,20H,7-10H2,1-4H3/t12-,26?/m0/s1. The normalized spacial score (nSPS) is 20.0. The molecule has 3 rings (SSSR count). The van der Waals surface area contributed by atoms with Gasteiger partial charge in [0.2, 0.25) is 0 Å². The van der Waals surface area contributed by atoms with Crippen molar-refractivity contribution in [3.8, 4) is 0 Å². The van der Waals surface area contributed by atoms with Gasteiger partial charge >= 0.3 is 0 Å². The molecule has 3 heterocycles. The Balaban J connectivity index is 2.05.